The fourth-order valence-corrected chi connectivity index (χ4v) is 2.46. The summed E-state index contributed by atoms with van der Waals surface area (Å²) in [6, 6.07) is 7.55. The number of hydrogen-bond acceptors (Lipinski definition) is 1. The van der Waals surface area contributed by atoms with E-state index in [0.717, 1.165) is 6.54 Å². The van der Waals surface area contributed by atoms with Gasteiger partial charge in [0.15, 0.2) is 0 Å². The largest absolute Gasteiger partial charge is 0.295 e. The minimum atomic E-state index is 0.663. The molecule has 1 nitrogen and oxygen atoms in total. The van der Waals surface area contributed by atoms with Gasteiger partial charge in [0.05, 0.1) is 0 Å². The van der Waals surface area contributed by atoms with Crippen LogP contribution < -0.4 is 0 Å². The smallest absolute Gasteiger partial charge is 0.0351 e. The Kier molecular flexibility index (Phi) is 2.60. The number of nitrogens with zero attached hydrogens (tertiary/aromatic N) is 1. The van der Waals surface area contributed by atoms with Crippen molar-refractivity contribution in [3.63, 3.8) is 0 Å². The highest BCUT2D eigenvalue weighted by Gasteiger charge is 2.25. The topological polar surface area (TPSA) is 3.24 Å². The van der Waals surface area contributed by atoms with Crippen LogP contribution in [0.25, 0.3) is 0 Å². The highest BCUT2D eigenvalue weighted by Crippen LogP contribution is 2.35. The first-order valence-electron chi connectivity index (χ1n) is 5.52. The van der Waals surface area contributed by atoms with E-state index >= 15 is 0 Å². The maximum absolute atomic E-state index is 2.47. The molecule has 0 fully saturated rings. The van der Waals surface area contributed by atoms with Crippen molar-refractivity contribution in [2.45, 2.75) is 39.3 Å². The lowest BCUT2D eigenvalue weighted by molar-refractivity contribution is 0.254. The molecule has 0 spiro atoms. The molecule has 76 valence electrons. The number of rotatable bonds is 2. The Balaban J connectivity index is 2.33. The summed E-state index contributed by atoms with van der Waals surface area (Å²) in [5.74, 6) is 0. The molecule has 2 rings (SSSR count). The lowest BCUT2D eigenvalue weighted by Crippen LogP contribution is -2.15. The predicted octanol–water partition coefficient (Wildman–Crippen LogP) is 3.28. The zero-order valence-corrected chi connectivity index (χ0v) is 9.38. The zero-order chi connectivity index (χ0) is 10.1. The van der Waals surface area contributed by atoms with Gasteiger partial charge >= 0.3 is 0 Å². The molecule has 1 heteroatoms. The second kappa shape index (κ2) is 3.74. The van der Waals surface area contributed by atoms with Crippen molar-refractivity contribution in [2.24, 2.45) is 0 Å². The zero-order valence-electron chi connectivity index (χ0n) is 9.38. The average Bonchev–Trinajstić information content (AvgIpc) is 2.43. The van der Waals surface area contributed by atoms with E-state index in [1.807, 2.05) is 0 Å². The van der Waals surface area contributed by atoms with Crippen molar-refractivity contribution >= 4 is 0 Å². The number of fused-ring (bicyclic) bond motifs is 1. The highest BCUT2D eigenvalue weighted by molar-refractivity contribution is 5.37. The summed E-state index contributed by atoms with van der Waals surface area (Å²) in [5.41, 5.74) is 4.47. The molecule has 0 amide bonds. The molecule has 1 aromatic carbocycles. The Morgan fingerprint density at radius 2 is 2.21 bits per heavy atom. The normalized spacial score (nSPS) is 21.2. The van der Waals surface area contributed by atoms with Crippen LogP contribution in [0.2, 0.25) is 0 Å². The van der Waals surface area contributed by atoms with Crippen LogP contribution in [0.3, 0.4) is 0 Å². The van der Waals surface area contributed by atoms with E-state index in [2.05, 4.69) is 44.0 Å². The third-order valence-corrected chi connectivity index (χ3v) is 3.17. The van der Waals surface area contributed by atoms with Gasteiger partial charge in [0.25, 0.3) is 0 Å². The van der Waals surface area contributed by atoms with E-state index < -0.39 is 0 Å². The van der Waals surface area contributed by atoms with Gasteiger partial charge in [-0.05, 0) is 31.5 Å². The second-order valence-corrected chi connectivity index (χ2v) is 4.42. The third-order valence-electron chi connectivity index (χ3n) is 3.17. The van der Waals surface area contributed by atoms with Gasteiger partial charge in [0.2, 0.25) is 0 Å². The molecule has 1 aliphatic rings. The molecule has 0 aliphatic carbocycles. The summed E-state index contributed by atoms with van der Waals surface area (Å²) in [4.78, 5) is 2.47. The van der Waals surface area contributed by atoms with Gasteiger partial charge in [-0.2, -0.15) is 0 Å². The van der Waals surface area contributed by atoms with Crippen molar-refractivity contribution in [3.8, 4) is 0 Å². The van der Waals surface area contributed by atoms with Gasteiger partial charge in [-0.3, -0.25) is 4.90 Å². The van der Waals surface area contributed by atoms with Crippen LogP contribution in [0.4, 0.5) is 0 Å². The quantitative estimate of drug-likeness (QED) is 0.690. The van der Waals surface area contributed by atoms with Crippen molar-refractivity contribution in [2.75, 3.05) is 7.05 Å². The van der Waals surface area contributed by atoms with Crippen LogP contribution in [0, 0.1) is 6.92 Å². The van der Waals surface area contributed by atoms with E-state index in [1.54, 1.807) is 5.56 Å². The minimum absolute atomic E-state index is 0.663. The van der Waals surface area contributed by atoms with Gasteiger partial charge < -0.3 is 0 Å². The van der Waals surface area contributed by atoms with Crippen molar-refractivity contribution in [1.82, 2.24) is 4.90 Å². The van der Waals surface area contributed by atoms with Gasteiger partial charge in [-0.15, -0.1) is 0 Å². The van der Waals surface area contributed by atoms with Crippen molar-refractivity contribution < 1.29 is 0 Å². The maximum atomic E-state index is 2.47. The van der Waals surface area contributed by atoms with E-state index in [-0.39, 0.29) is 0 Å². The van der Waals surface area contributed by atoms with Crippen LogP contribution in [0.15, 0.2) is 18.2 Å². The van der Waals surface area contributed by atoms with Crippen molar-refractivity contribution in [1.29, 1.82) is 0 Å². The Hall–Kier alpha value is -0.820. The molecule has 0 N–H and O–H groups in total. The van der Waals surface area contributed by atoms with Gasteiger partial charge in [0.1, 0.15) is 0 Å². The molecule has 0 saturated carbocycles. The predicted molar refractivity (Wildman–Crippen MR) is 60.3 cm³/mol. The molecule has 14 heavy (non-hydrogen) atoms. The van der Waals surface area contributed by atoms with Gasteiger partial charge in [0, 0.05) is 12.6 Å². The number of benzene rings is 1. The lowest BCUT2D eigenvalue weighted by atomic mass is 10.00. The second-order valence-electron chi connectivity index (χ2n) is 4.42. The number of aryl methyl sites for hydroxylation is 1. The van der Waals surface area contributed by atoms with E-state index in [4.69, 9.17) is 0 Å². The molecule has 0 bridgehead atoms. The first-order valence-corrected chi connectivity index (χ1v) is 5.52. The summed E-state index contributed by atoms with van der Waals surface area (Å²) in [6.45, 7) is 5.56. The molecular formula is C13H19N. The van der Waals surface area contributed by atoms with Crippen LogP contribution in [-0.4, -0.2) is 11.9 Å². The minimum Gasteiger partial charge on any atom is -0.295 e. The fourth-order valence-electron chi connectivity index (χ4n) is 2.46. The van der Waals surface area contributed by atoms with Gasteiger partial charge in [-0.25, -0.2) is 0 Å². The molecule has 1 atom stereocenters. The molecule has 1 aromatic rings. The van der Waals surface area contributed by atoms with Crippen LogP contribution in [0.5, 0.6) is 0 Å². The molecule has 0 saturated heterocycles. The van der Waals surface area contributed by atoms with Gasteiger partial charge in [-0.1, -0.05) is 37.1 Å². The molecule has 0 radical (unpaired) electrons. The Labute approximate surface area is 86.7 Å². The molecular weight excluding hydrogens is 170 g/mol. The van der Waals surface area contributed by atoms with E-state index in [9.17, 15) is 0 Å². The molecule has 1 heterocycles. The average molecular weight is 189 g/mol. The first kappa shape index (κ1) is 9.72. The third kappa shape index (κ3) is 1.57. The van der Waals surface area contributed by atoms with Crippen LogP contribution in [0.1, 0.15) is 42.5 Å². The van der Waals surface area contributed by atoms with E-state index in [1.165, 1.54) is 24.0 Å². The van der Waals surface area contributed by atoms with Crippen LogP contribution in [-0.2, 0) is 6.54 Å². The van der Waals surface area contributed by atoms with Crippen LogP contribution >= 0.6 is 0 Å². The summed E-state index contributed by atoms with van der Waals surface area (Å²) in [5, 5.41) is 0. The molecule has 1 unspecified atom stereocenters. The highest BCUT2D eigenvalue weighted by atomic mass is 15.1. The summed E-state index contributed by atoms with van der Waals surface area (Å²) in [6.07, 6.45) is 2.55. The Morgan fingerprint density at radius 1 is 1.43 bits per heavy atom. The summed E-state index contributed by atoms with van der Waals surface area (Å²) in [7, 11) is 2.23. The van der Waals surface area contributed by atoms with Crippen molar-refractivity contribution in [3.05, 3.63) is 34.9 Å². The maximum Gasteiger partial charge on any atom is 0.0351 e. The molecule has 0 aromatic heterocycles. The molecule has 1 aliphatic heterocycles. The summed E-state index contributed by atoms with van der Waals surface area (Å²) < 4.78 is 0. The Morgan fingerprint density at radius 3 is 2.93 bits per heavy atom. The number of hydrogen-bond donors (Lipinski definition) is 0. The first-order chi connectivity index (χ1) is 6.72. The summed E-state index contributed by atoms with van der Waals surface area (Å²) >= 11 is 0. The monoisotopic (exact) mass is 189 g/mol. The SMILES string of the molecule is CCCC1c2ccc(C)cc2CN1C. The lowest BCUT2D eigenvalue weighted by Gasteiger charge is -2.19. The van der Waals surface area contributed by atoms with E-state index in [0.29, 0.717) is 6.04 Å². The standard InChI is InChI=1S/C13H19N/c1-4-5-13-12-7-6-10(2)8-11(12)9-14(13)3/h6-8,13H,4-5,9H2,1-3H3. The fraction of sp³-hybridized carbons (Fsp3) is 0.538. The Bertz CT molecular complexity index is 330.